The fourth-order valence-corrected chi connectivity index (χ4v) is 3.33. The van der Waals surface area contributed by atoms with Crippen LogP contribution in [0.25, 0.3) is 16.7 Å². The molecule has 2 rings (SSSR count). The third-order valence-electron chi connectivity index (χ3n) is 4.21. The summed E-state index contributed by atoms with van der Waals surface area (Å²) in [6.45, 7) is 12.9. The summed E-state index contributed by atoms with van der Waals surface area (Å²) in [6.07, 6.45) is 7.63. The topological polar surface area (TPSA) is 12.9 Å². The molecule has 0 aliphatic rings. The maximum atomic E-state index is 4.32. The first kappa shape index (κ1) is 18.6. The van der Waals surface area contributed by atoms with E-state index in [-0.39, 0.29) is 0 Å². The average molecular weight is 354 g/mol. The van der Waals surface area contributed by atoms with Crippen molar-refractivity contribution in [3.63, 3.8) is 0 Å². The fraction of sp³-hybridized carbons (Fsp3) is 0.273. The molecule has 24 heavy (non-hydrogen) atoms. The molecule has 0 aliphatic carbocycles. The van der Waals surface area contributed by atoms with Gasteiger partial charge in [-0.2, -0.15) is 0 Å². The van der Waals surface area contributed by atoms with Crippen LogP contribution in [0.4, 0.5) is 0 Å². The van der Waals surface area contributed by atoms with Gasteiger partial charge in [-0.3, -0.25) is 0 Å². The van der Waals surface area contributed by atoms with Crippen molar-refractivity contribution in [2.45, 2.75) is 39.5 Å². The molecule has 0 saturated carbocycles. The molecule has 0 N–H and O–H groups in total. The number of rotatable bonds is 6. The van der Waals surface area contributed by atoms with Crippen LogP contribution in [0.1, 0.15) is 56.2 Å². The Morgan fingerprint density at radius 1 is 1.08 bits per heavy atom. The van der Waals surface area contributed by atoms with Crippen LogP contribution in [0.15, 0.2) is 55.4 Å². The Labute approximate surface area is 155 Å². The molecular weight excluding hydrogens is 329 g/mol. The molecule has 123 valence electrons. The first-order chi connectivity index (χ1) is 11.5. The summed E-state index contributed by atoms with van der Waals surface area (Å²) >= 11 is 2.52. The van der Waals surface area contributed by atoms with Crippen molar-refractivity contribution in [3.8, 4) is 11.1 Å². The zero-order chi connectivity index (χ0) is 17.7. The number of nitrogens with zero attached hydrogens (tertiary/aromatic N) is 1. The van der Waals surface area contributed by atoms with Crippen LogP contribution >= 0.6 is 0 Å². The SMILES string of the molecule is C=CC=C([CH]=[V])c1cnccc1-c1ccc(C(C)C)c(C(C)C)c1. The van der Waals surface area contributed by atoms with Gasteiger partial charge in [0.1, 0.15) is 0 Å². The van der Waals surface area contributed by atoms with Gasteiger partial charge in [0.2, 0.25) is 0 Å². The Morgan fingerprint density at radius 2 is 1.79 bits per heavy atom. The van der Waals surface area contributed by atoms with Gasteiger partial charge in [-0.15, -0.1) is 0 Å². The summed E-state index contributed by atoms with van der Waals surface area (Å²) in [5, 5.41) is 0. The van der Waals surface area contributed by atoms with Crippen LogP contribution < -0.4 is 0 Å². The Hall–Kier alpha value is -1.70. The van der Waals surface area contributed by atoms with Gasteiger partial charge in [0.05, 0.1) is 0 Å². The molecule has 0 spiro atoms. The predicted octanol–water partition coefficient (Wildman–Crippen LogP) is 5.91. The van der Waals surface area contributed by atoms with Gasteiger partial charge >= 0.3 is 155 Å². The van der Waals surface area contributed by atoms with E-state index >= 15 is 0 Å². The van der Waals surface area contributed by atoms with Gasteiger partial charge < -0.3 is 0 Å². The summed E-state index contributed by atoms with van der Waals surface area (Å²) in [5.41, 5.74) is 7.56. The van der Waals surface area contributed by atoms with E-state index in [1.807, 2.05) is 29.3 Å². The number of pyridine rings is 1. The second-order valence-electron chi connectivity index (χ2n) is 6.56. The van der Waals surface area contributed by atoms with Crippen LogP contribution in [-0.4, -0.2) is 9.71 Å². The summed E-state index contributed by atoms with van der Waals surface area (Å²) in [6, 6.07) is 8.95. The standard InChI is InChI=1S/C22H25N.V/c1-7-8-17(6)22-14-23-12-11-20(22)18-9-10-19(15(2)3)21(13-18)16(4)5;/h6-16H,1H2,2-5H3;. The van der Waals surface area contributed by atoms with Crippen molar-refractivity contribution in [2.24, 2.45) is 0 Å². The normalized spacial score (nSPS) is 11.8. The zero-order valence-corrected chi connectivity index (χ0v) is 16.3. The number of benzene rings is 1. The first-order valence-electron chi connectivity index (χ1n) is 8.38. The van der Waals surface area contributed by atoms with Crippen LogP contribution in [-0.2, 0) is 17.0 Å². The van der Waals surface area contributed by atoms with Crippen LogP contribution in [0, 0.1) is 0 Å². The van der Waals surface area contributed by atoms with E-state index < -0.39 is 0 Å². The van der Waals surface area contributed by atoms with Gasteiger partial charge in [-0.1, -0.05) is 0 Å². The maximum absolute atomic E-state index is 4.32. The van der Waals surface area contributed by atoms with E-state index in [1.54, 1.807) is 0 Å². The second-order valence-corrected chi connectivity index (χ2v) is 6.96. The van der Waals surface area contributed by atoms with E-state index in [1.165, 1.54) is 22.3 Å². The van der Waals surface area contributed by atoms with Crippen molar-refractivity contribution in [3.05, 3.63) is 72.1 Å². The van der Waals surface area contributed by atoms with Crippen molar-refractivity contribution < 1.29 is 17.0 Å². The van der Waals surface area contributed by atoms with Crippen LogP contribution in [0.3, 0.4) is 0 Å². The summed E-state index contributed by atoms with van der Waals surface area (Å²) in [7, 11) is 0. The number of aromatic nitrogens is 1. The van der Waals surface area contributed by atoms with Crippen molar-refractivity contribution >= 4 is 10.3 Å². The zero-order valence-electron chi connectivity index (χ0n) is 15.0. The Balaban J connectivity index is 2.65. The number of hydrogen-bond acceptors (Lipinski definition) is 1. The summed E-state index contributed by atoms with van der Waals surface area (Å²) in [4.78, 5) is 4.32. The first-order valence-corrected chi connectivity index (χ1v) is 9.19. The molecule has 1 heterocycles. The molecule has 0 saturated heterocycles. The molecule has 2 heteroatoms. The Morgan fingerprint density at radius 3 is 2.38 bits per heavy atom. The molecule has 0 unspecified atom stereocenters. The van der Waals surface area contributed by atoms with Crippen molar-refractivity contribution in [1.82, 2.24) is 4.98 Å². The van der Waals surface area contributed by atoms with Crippen molar-refractivity contribution in [2.75, 3.05) is 0 Å². The molecule has 1 nitrogen and oxygen atoms in total. The van der Waals surface area contributed by atoms with Crippen LogP contribution in [0.5, 0.6) is 0 Å². The number of hydrogen-bond donors (Lipinski definition) is 0. The van der Waals surface area contributed by atoms with E-state index in [0.717, 1.165) is 11.1 Å². The number of allylic oxidation sites excluding steroid dienone is 3. The van der Waals surface area contributed by atoms with E-state index in [0.29, 0.717) is 11.8 Å². The fourth-order valence-electron chi connectivity index (χ4n) is 2.97. The molecule has 0 aliphatic heterocycles. The second kappa shape index (κ2) is 8.42. The Kier molecular flexibility index (Phi) is 6.54. The van der Waals surface area contributed by atoms with E-state index in [2.05, 4.69) is 80.5 Å². The molecule has 2 aromatic rings. The van der Waals surface area contributed by atoms with Gasteiger partial charge in [-0.05, 0) is 0 Å². The Bertz CT molecular complexity index is 769. The molecule has 0 atom stereocenters. The quantitative estimate of drug-likeness (QED) is 0.587. The monoisotopic (exact) mass is 354 g/mol. The molecule has 1 aromatic carbocycles. The van der Waals surface area contributed by atoms with Gasteiger partial charge in [0, 0.05) is 0 Å². The molecule has 1 aromatic heterocycles. The van der Waals surface area contributed by atoms with Gasteiger partial charge in [0.25, 0.3) is 0 Å². The third kappa shape index (κ3) is 4.03. The molecule has 0 bridgehead atoms. The predicted molar refractivity (Wildman–Crippen MR) is 102 cm³/mol. The molecule has 0 fully saturated rings. The average Bonchev–Trinajstić information content (AvgIpc) is 2.59. The minimum absolute atomic E-state index is 0.505. The van der Waals surface area contributed by atoms with Gasteiger partial charge in [-0.25, -0.2) is 0 Å². The molecule has 0 amide bonds. The summed E-state index contributed by atoms with van der Waals surface area (Å²) in [5.74, 6) is 1.04. The summed E-state index contributed by atoms with van der Waals surface area (Å²) < 4.78 is 2.04. The van der Waals surface area contributed by atoms with Crippen LogP contribution in [0.2, 0.25) is 0 Å². The van der Waals surface area contributed by atoms with E-state index in [9.17, 15) is 0 Å². The molecule has 0 radical (unpaired) electrons. The minimum atomic E-state index is 0.505. The molecular formula is C22H25NV. The van der Waals surface area contributed by atoms with Crippen molar-refractivity contribution in [1.29, 1.82) is 0 Å². The van der Waals surface area contributed by atoms with E-state index in [4.69, 9.17) is 0 Å². The third-order valence-corrected chi connectivity index (χ3v) is 4.64. The van der Waals surface area contributed by atoms with Gasteiger partial charge in [0.15, 0.2) is 0 Å².